The molecule has 1 aromatic carbocycles. The second-order valence-electron chi connectivity index (χ2n) is 9.90. The Morgan fingerprint density at radius 2 is 1.94 bits per heavy atom. The SMILES string of the molecule is COc1ccccc1CNC(=O)[C@@H](C)C1CC[C@@]2(C)CC[C@H](NC(C)=O)[C@@H](C)[C@@H]2[C@H]1O. The number of para-hydroxylation sites is 1. The van der Waals surface area contributed by atoms with Gasteiger partial charge in [-0.15, -0.1) is 0 Å². The van der Waals surface area contributed by atoms with Crippen molar-refractivity contribution in [2.45, 2.75) is 72.1 Å². The second-order valence-corrected chi connectivity index (χ2v) is 9.90. The molecule has 0 bridgehead atoms. The molecule has 0 heterocycles. The zero-order valence-corrected chi connectivity index (χ0v) is 19.5. The summed E-state index contributed by atoms with van der Waals surface area (Å²) < 4.78 is 5.37. The number of hydrogen-bond acceptors (Lipinski definition) is 4. The van der Waals surface area contributed by atoms with Crippen LogP contribution in [0, 0.1) is 29.1 Å². The number of methoxy groups -OCH3 is 1. The van der Waals surface area contributed by atoms with Crippen LogP contribution in [-0.4, -0.2) is 36.2 Å². The fourth-order valence-electron chi connectivity index (χ4n) is 6.15. The predicted octanol–water partition coefficient (Wildman–Crippen LogP) is 3.28. The summed E-state index contributed by atoms with van der Waals surface area (Å²) in [5.41, 5.74) is 0.985. The van der Waals surface area contributed by atoms with E-state index < -0.39 is 6.10 Å². The molecule has 1 aromatic rings. The average molecular weight is 431 g/mol. The third-order valence-electron chi connectivity index (χ3n) is 7.98. The molecule has 0 spiro atoms. The average Bonchev–Trinajstić information content (AvgIpc) is 2.73. The van der Waals surface area contributed by atoms with E-state index in [0.717, 1.165) is 37.0 Å². The van der Waals surface area contributed by atoms with Gasteiger partial charge >= 0.3 is 0 Å². The first-order valence-corrected chi connectivity index (χ1v) is 11.5. The van der Waals surface area contributed by atoms with Gasteiger partial charge < -0.3 is 20.5 Å². The molecule has 6 heteroatoms. The Hall–Kier alpha value is -2.08. The fraction of sp³-hybridized carbons (Fsp3) is 0.680. The van der Waals surface area contributed by atoms with Crippen molar-refractivity contribution in [2.24, 2.45) is 29.1 Å². The third kappa shape index (κ3) is 4.89. The van der Waals surface area contributed by atoms with E-state index in [2.05, 4.69) is 24.5 Å². The maximum Gasteiger partial charge on any atom is 0.223 e. The van der Waals surface area contributed by atoms with Crippen LogP contribution >= 0.6 is 0 Å². The maximum absolute atomic E-state index is 13.0. The summed E-state index contributed by atoms with van der Waals surface area (Å²) in [7, 11) is 1.62. The van der Waals surface area contributed by atoms with Gasteiger partial charge in [-0.2, -0.15) is 0 Å². The first-order valence-electron chi connectivity index (χ1n) is 11.5. The minimum Gasteiger partial charge on any atom is -0.496 e. The standard InChI is InChI=1S/C25H38N2O4/c1-15(24(30)26-14-18-8-6-7-9-21(18)31-5)19-10-12-25(4)13-11-20(27-17(3)28)16(2)22(25)23(19)29/h6-9,15-16,19-20,22-23,29H,10-14H2,1-5H3,(H,26,30)(H,27,28)/t15-,16+,19?,20-,22+,23-,25-/m0/s1. The van der Waals surface area contributed by atoms with Crippen LogP contribution in [-0.2, 0) is 16.1 Å². The molecule has 0 saturated heterocycles. The van der Waals surface area contributed by atoms with E-state index in [1.165, 1.54) is 0 Å². The molecule has 2 aliphatic carbocycles. The van der Waals surface area contributed by atoms with Crippen LogP contribution < -0.4 is 15.4 Å². The summed E-state index contributed by atoms with van der Waals surface area (Å²) in [6.45, 7) is 8.28. The highest BCUT2D eigenvalue weighted by atomic mass is 16.5. The molecule has 2 aliphatic rings. The predicted molar refractivity (Wildman–Crippen MR) is 120 cm³/mol. The molecule has 7 atom stereocenters. The van der Waals surface area contributed by atoms with Gasteiger partial charge in [-0.1, -0.05) is 39.0 Å². The van der Waals surface area contributed by atoms with Crippen LogP contribution in [0.1, 0.15) is 58.9 Å². The lowest BCUT2D eigenvalue weighted by Gasteiger charge is -2.56. The van der Waals surface area contributed by atoms with E-state index in [0.29, 0.717) is 6.54 Å². The van der Waals surface area contributed by atoms with Crippen molar-refractivity contribution < 1.29 is 19.4 Å². The van der Waals surface area contributed by atoms with Crippen molar-refractivity contribution in [1.29, 1.82) is 0 Å². The maximum atomic E-state index is 13.0. The normalized spacial score (nSPS) is 33.7. The zero-order valence-electron chi connectivity index (χ0n) is 19.5. The molecule has 172 valence electrons. The van der Waals surface area contributed by atoms with E-state index in [4.69, 9.17) is 4.74 Å². The minimum absolute atomic E-state index is 0.0219. The number of nitrogens with one attached hydrogen (secondary N) is 2. The van der Waals surface area contributed by atoms with Crippen LogP contribution in [0.3, 0.4) is 0 Å². The number of benzene rings is 1. The lowest BCUT2D eigenvalue weighted by Crippen LogP contribution is -2.58. The largest absolute Gasteiger partial charge is 0.496 e. The number of fused-ring (bicyclic) bond motifs is 1. The number of carbonyl (C=O) groups excluding carboxylic acids is 2. The molecule has 0 radical (unpaired) electrons. The Morgan fingerprint density at radius 1 is 1.26 bits per heavy atom. The van der Waals surface area contributed by atoms with Crippen molar-refractivity contribution in [3.63, 3.8) is 0 Å². The monoisotopic (exact) mass is 430 g/mol. The Morgan fingerprint density at radius 3 is 2.61 bits per heavy atom. The van der Waals surface area contributed by atoms with Gasteiger partial charge in [0.25, 0.3) is 0 Å². The van der Waals surface area contributed by atoms with Crippen LogP contribution in [0.25, 0.3) is 0 Å². The number of hydrogen-bond donors (Lipinski definition) is 3. The number of carbonyl (C=O) groups is 2. The molecular formula is C25H38N2O4. The summed E-state index contributed by atoms with van der Waals surface area (Å²) in [5, 5.41) is 17.5. The first kappa shape index (κ1) is 23.6. The zero-order chi connectivity index (χ0) is 22.8. The van der Waals surface area contributed by atoms with Gasteiger partial charge in [-0.05, 0) is 54.9 Å². The summed E-state index contributed by atoms with van der Waals surface area (Å²) in [4.78, 5) is 24.6. The van der Waals surface area contributed by atoms with Gasteiger partial charge in [0.15, 0.2) is 0 Å². The molecular weight excluding hydrogens is 392 g/mol. The molecule has 3 rings (SSSR count). The summed E-state index contributed by atoms with van der Waals surface area (Å²) in [5.74, 6) is 0.554. The van der Waals surface area contributed by atoms with Gasteiger partial charge in [0.1, 0.15) is 5.75 Å². The van der Waals surface area contributed by atoms with Gasteiger partial charge in [0, 0.05) is 31.0 Å². The molecule has 31 heavy (non-hydrogen) atoms. The minimum atomic E-state index is -0.558. The number of aliphatic hydroxyl groups is 1. The number of amides is 2. The van der Waals surface area contributed by atoms with Crippen LogP contribution in [0.5, 0.6) is 5.75 Å². The highest BCUT2D eigenvalue weighted by Gasteiger charge is 2.53. The van der Waals surface area contributed by atoms with E-state index in [9.17, 15) is 14.7 Å². The van der Waals surface area contributed by atoms with E-state index >= 15 is 0 Å². The molecule has 6 nitrogen and oxygen atoms in total. The Labute approximate surface area is 186 Å². The molecule has 2 fully saturated rings. The second kappa shape index (κ2) is 9.60. The lowest BCUT2D eigenvalue weighted by atomic mass is 9.51. The molecule has 0 aromatic heterocycles. The molecule has 1 unspecified atom stereocenters. The molecule has 3 N–H and O–H groups in total. The molecule has 0 aliphatic heterocycles. The number of aliphatic hydroxyl groups excluding tert-OH is 1. The topological polar surface area (TPSA) is 87.7 Å². The van der Waals surface area contributed by atoms with Crippen LogP contribution in [0.15, 0.2) is 24.3 Å². The highest BCUT2D eigenvalue weighted by Crippen LogP contribution is 2.55. The van der Waals surface area contributed by atoms with Crippen molar-refractivity contribution in [1.82, 2.24) is 10.6 Å². The number of rotatable bonds is 6. The highest BCUT2D eigenvalue weighted by molar-refractivity contribution is 5.78. The number of ether oxygens (including phenoxy) is 1. The van der Waals surface area contributed by atoms with Crippen molar-refractivity contribution >= 4 is 11.8 Å². The van der Waals surface area contributed by atoms with Crippen LogP contribution in [0.4, 0.5) is 0 Å². The van der Waals surface area contributed by atoms with E-state index in [-0.39, 0.29) is 46.9 Å². The summed E-state index contributed by atoms with van der Waals surface area (Å²) in [6.07, 6.45) is 3.22. The first-order chi connectivity index (χ1) is 14.7. The van der Waals surface area contributed by atoms with E-state index in [1.54, 1.807) is 14.0 Å². The van der Waals surface area contributed by atoms with Gasteiger partial charge in [-0.3, -0.25) is 9.59 Å². The summed E-state index contributed by atoms with van der Waals surface area (Å²) in [6, 6.07) is 7.73. The van der Waals surface area contributed by atoms with Gasteiger partial charge in [0.2, 0.25) is 11.8 Å². The molecule has 2 amide bonds. The Kier molecular flexibility index (Phi) is 7.30. The third-order valence-corrected chi connectivity index (χ3v) is 7.98. The summed E-state index contributed by atoms with van der Waals surface area (Å²) >= 11 is 0. The van der Waals surface area contributed by atoms with Crippen molar-refractivity contribution in [3.8, 4) is 5.75 Å². The van der Waals surface area contributed by atoms with Gasteiger partial charge in [-0.25, -0.2) is 0 Å². The smallest absolute Gasteiger partial charge is 0.223 e. The van der Waals surface area contributed by atoms with Crippen molar-refractivity contribution in [2.75, 3.05) is 7.11 Å². The lowest BCUT2D eigenvalue weighted by molar-refractivity contribution is -0.143. The Bertz CT molecular complexity index is 797. The van der Waals surface area contributed by atoms with Crippen molar-refractivity contribution in [3.05, 3.63) is 29.8 Å². The van der Waals surface area contributed by atoms with Gasteiger partial charge in [0.05, 0.1) is 13.2 Å². The van der Waals surface area contributed by atoms with Crippen LogP contribution in [0.2, 0.25) is 0 Å². The van der Waals surface area contributed by atoms with E-state index in [1.807, 2.05) is 31.2 Å². The molecule has 2 saturated carbocycles. The fourth-order valence-corrected chi connectivity index (χ4v) is 6.15. The quantitative estimate of drug-likeness (QED) is 0.646. The Balaban J connectivity index is 1.68.